The van der Waals surface area contributed by atoms with Gasteiger partial charge in [-0.15, -0.1) is 0 Å². The molecule has 0 bridgehead atoms. The topological polar surface area (TPSA) is 63.6 Å². The summed E-state index contributed by atoms with van der Waals surface area (Å²) in [6.45, 7) is 1.87. The van der Waals surface area contributed by atoms with E-state index in [9.17, 15) is 13.6 Å². The van der Waals surface area contributed by atoms with Crippen LogP contribution in [0.25, 0.3) is 0 Å². The second kappa shape index (κ2) is 5.57. The largest absolute Gasteiger partial charge is 0.469 e. The van der Waals surface area contributed by atoms with E-state index in [0.29, 0.717) is 12.0 Å². The molecule has 0 fully saturated rings. The van der Waals surface area contributed by atoms with E-state index >= 15 is 0 Å². The Kier molecular flexibility index (Phi) is 4.62. The number of esters is 1. The maximum Gasteiger partial charge on any atom is 0.305 e. The molecule has 0 aliphatic carbocycles. The number of carbonyl (C=O) groups is 1. The van der Waals surface area contributed by atoms with E-state index in [4.69, 9.17) is 0 Å². The van der Waals surface area contributed by atoms with Crippen LogP contribution < -0.4 is 0 Å². The van der Waals surface area contributed by atoms with E-state index in [1.54, 1.807) is 12.1 Å². The molecule has 0 amide bonds. The molecule has 1 unspecified atom stereocenters. The quantitative estimate of drug-likeness (QED) is 0.846. The number of methoxy groups -OCH3 is 1. The van der Waals surface area contributed by atoms with Crippen molar-refractivity contribution >= 4 is 25.9 Å². The van der Waals surface area contributed by atoms with Crippen LogP contribution in [0.4, 0.5) is 0 Å². The lowest BCUT2D eigenvalue weighted by Gasteiger charge is -2.09. The Labute approximate surface area is 105 Å². The van der Waals surface area contributed by atoms with Gasteiger partial charge in [-0.25, -0.2) is 4.21 Å². The van der Waals surface area contributed by atoms with Crippen molar-refractivity contribution in [1.82, 2.24) is 0 Å². The summed E-state index contributed by atoms with van der Waals surface area (Å²) in [5.41, 5.74) is 1.57. The Bertz CT molecular complexity index is 520. The highest BCUT2D eigenvalue weighted by Crippen LogP contribution is 2.19. The van der Waals surface area contributed by atoms with Crippen molar-refractivity contribution in [1.29, 1.82) is 0 Å². The summed E-state index contributed by atoms with van der Waals surface area (Å²) in [5.74, 6) is -0.355. The predicted octanol–water partition coefficient (Wildman–Crippen LogP) is 1.68. The third kappa shape index (κ3) is 4.07. The van der Waals surface area contributed by atoms with Gasteiger partial charge in [-0.3, -0.25) is 4.79 Å². The molecular weight excluding hydrogens is 260 g/mol. The Balaban J connectivity index is 3.04. The molecule has 1 rings (SSSR count). The van der Waals surface area contributed by atoms with Gasteiger partial charge < -0.3 is 9.29 Å². The molecule has 1 N–H and O–H groups in total. The average molecular weight is 274 g/mol. The second-order valence-corrected chi connectivity index (χ2v) is 6.41. The molecule has 0 heterocycles. The van der Waals surface area contributed by atoms with Gasteiger partial charge in [0.25, 0.3) is 0 Å². The molecule has 4 nitrogen and oxygen atoms in total. The Morgan fingerprint density at radius 3 is 2.71 bits per heavy atom. The highest BCUT2D eigenvalue weighted by Gasteiger charge is 2.13. The van der Waals surface area contributed by atoms with E-state index in [1.165, 1.54) is 13.2 Å². The predicted molar refractivity (Wildman–Crippen MR) is 67.9 cm³/mol. The summed E-state index contributed by atoms with van der Waals surface area (Å²) in [7, 11) is -2.12. The van der Waals surface area contributed by atoms with Crippen molar-refractivity contribution in [2.24, 2.45) is 0 Å². The second-order valence-electron chi connectivity index (χ2n) is 3.66. The molecule has 0 saturated heterocycles. The van der Waals surface area contributed by atoms with E-state index in [0.717, 1.165) is 5.56 Å². The molecule has 0 spiro atoms. The lowest BCUT2D eigenvalue weighted by Crippen LogP contribution is -2.06. The zero-order chi connectivity index (χ0) is 13.1. The van der Waals surface area contributed by atoms with E-state index < -0.39 is 8.77 Å². The minimum absolute atomic E-state index is 0.164. The molecular formula is C11H14O4S2. The Hall–Kier alpha value is -0.980. The first-order valence-electron chi connectivity index (χ1n) is 4.98. The highest BCUT2D eigenvalue weighted by molar-refractivity contribution is 8.29. The lowest BCUT2D eigenvalue weighted by atomic mass is 10.1. The standard InChI is InChI=1S/C11H14O4S2/c1-8-3-5-10(17(13,14)16)9(7-8)4-6-11(12)15-2/h3,5,7H,4,6H2,1-2H3,(H,13,14,16). The number of ether oxygens (including phenoxy) is 1. The molecule has 0 saturated carbocycles. The van der Waals surface area contributed by atoms with Crippen LogP contribution in [-0.2, 0) is 35.9 Å². The number of hydrogen-bond acceptors (Lipinski definition) is 4. The van der Waals surface area contributed by atoms with Gasteiger partial charge in [0.1, 0.15) is 0 Å². The summed E-state index contributed by atoms with van der Waals surface area (Å²) < 4.78 is 25.4. The fraction of sp³-hybridized carbons (Fsp3) is 0.364. The van der Waals surface area contributed by atoms with Gasteiger partial charge in [0, 0.05) is 17.6 Å². The Morgan fingerprint density at radius 2 is 2.18 bits per heavy atom. The van der Waals surface area contributed by atoms with Gasteiger partial charge in [0.05, 0.1) is 12.0 Å². The smallest absolute Gasteiger partial charge is 0.305 e. The van der Waals surface area contributed by atoms with Gasteiger partial charge >= 0.3 is 5.97 Å². The molecule has 0 aromatic heterocycles. The van der Waals surface area contributed by atoms with Gasteiger partial charge in [-0.05, 0) is 25.0 Å². The van der Waals surface area contributed by atoms with Crippen LogP contribution in [-0.4, -0.2) is 21.8 Å². The van der Waals surface area contributed by atoms with Crippen molar-refractivity contribution in [2.75, 3.05) is 7.11 Å². The average Bonchev–Trinajstić information content (AvgIpc) is 2.24. The van der Waals surface area contributed by atoms with Gasteiger partial charge in [-0.2, -0.15) is 0 Å². The zero-order valence-corrected chi connectivity index (χ0v) is 11.3. The molecule has 1 aromatic rings. The van der Waals surface area contributed by atoms with Crippen molar-refractivity contribution in [2.45, 2.75) is 24.7 Å². The summed E-state index contributed by atoms with van der Waals surface area (Å²) in [6, 6.07) is 5.02. The fourth-order valence-corrected chi connectivity index (χ4v) is 2.71. The van der Waals surface area contributed by atoms with Crippen LogP contribution in [0.1, 0.15) is 17.5 Å². The third-order valence-corrected chi connectivity index (χ3v) is 3.81. The molecule has 1 aromatic carbocycles. The number of hydrogen-bond donors (Lipinski definition) is 1. The highest BCUT2D eigenvalue weighted by atomic mass is 32.8. The lowest BCUT2D eigenvalue weighted by molar-refractivity contribution is -0.140. The minimum atomic E-state index is -3.42. The molecule has 17 heavy (non-hydrogen) atoms. The van der Waals surface area contributed by atoms with Crippen molar-refractivity contribution < 1.29 is 18.3 Å². The molecule has 0 aliphatic rings. The SMILES string of the molecule is COC(=O)CCc1cc(C)ccc1S(=O)(O)=S. The summed E-state index contributed by atoms with van der Waals surface area (Å²) >= 11 is 4.56. The molecule has 0 aliphatic heterocycles. The van der Waals surface area contributed by atoms with Crippen molar-refractivity contribution in [3.8, 4) is 0 Å². The fourth-order valence-electron chi connectivity index (χ4n) is 1.49. The zero-order valence-electron chi connectivity index (χ0n) is 9.63. The van der Waals surface area contributed by atoms with Crippen LogP contribution in [0.2, 0.25) is 0 Å². The van der Waals surface area contributed by atoms with Crippen molar-refractivity contribution in [3.05, 3.63) is 29.3 Å². The normalized spacial score (nSPS) is 14.1. The van der Waals surface area contributed by atoms with Gasteiger partial charge in [0.15, 0.2) is 8.77 Å². The minimum Gasteiger partial charge on any atom is -0.469 e. The van der Waals surface area contributed by atoms with Crippen LogP contribution in [0.15, 0.2) is 23.1 Å². The van der Waals surface area contributed by atoms with Crippen LogP contribution in [0.5, 0.6) is 0 Å². The van der Waals surface area contributed by atoms with Gasteiger partial charge in [-0.1, -0.05) is 17.7 Å². The van der Waals surface area contributed by atoms with Crippen molar-refractivity contribution in [3.63, 3.8) is 0 Å². The monoisotopic (exact) mass is 274 g/mol. The molecule has 94 valence electrons. The number of aryl methyl sites for hydroxylation is 2. The number of benzene rings is 1. The first kappa shape index (κ1) is 14.1. The molecule has 0 radical (unpaired) electrons. The maximum absolute atomic E-state index is 11.5. The number of rotatable bonds is 4. The van der Waals surface area contributed by atoms with Crippen LogP contribution in [0, 0.1) is 6.92 Å². The first-order chi connectivity index (χ1) is 7.84. The molecule has 1 atom stereocenters. The Morgan fingerprint density at radius 1 is 1.53 bits per heavy atom. The van der Waals surface area contributed by atoms with E-state index in [1.807, 2.05) is 6.92 Å². The summed E-state index contributed by atoms with van der Waals surface area (Å²) in [5, 5.41) is 0. The third-order valence-electron chi connectivity index (χ3n) is 2.32. The summed E-state index contributed by atoms with van der Waals surface area (Å²) in [6.07, 6.45) is 0.510. The maximum atomic E-state index is 11.5. The molecule has 6 heteroatoms. The van der Waals surface area contributed by atoms with E-state index in [-0.39, 0.29) is 17.3 Å². The van der Waals surface area contributed by atoms with Crippen LogP contribution >= 0.6 is 0 Å². The van der Waals surface area contributed by atoms with E-state index in [2.05, 4.69) is 15.9 Å². The van der Waals surface area contributed by atoms with Crippen LogP contribution in [0.3, 0.4) is 0 Å². The summed E-state index contributed by atoms with van der Waals surface area (Å²) in [4.78, 5) is 11.3. The number of carbonyl (C=O) groups excluding carboxylic acids is 1. The first-order valence-corrected chi connectivity index (χ1v) is 7.42. The van der Waals surface area contributed by atoms with Gasteiger partial charge in [0.2, 0.25) is 0 Å².